The molecule has 10 rings (SSSR count). The van der Waals surface area contributed by atoms with Gasteiger partial charge in [0.25, 0.3) is 0 Å². The van der Waals surface area contributed by atoms with E-state index in [0.717, 1.165) is 55.9 Å². The Hall–Kier alpha value is -7.82. The number of nitrogens with zero attached hydrogens (tertiary/aromatic N) is 4. The maximum atomic E-state index is 5.07. The molecule has 0 unspecified atom stereocenters. The van der Waals surface area contributed by atoms with Gasteiger partial charge >= 0.3 is 0 Å². The first-order chi connectivity index (χ1) is 28.7. The minimum atomic E-state index is 0.641. The average molecular weight is 741 g/mol. The zero-order valence-electron chi connectivity index (χ0n) is 31.6. The molecule has 0 aliphatic heterocycles. The zero-order chi connectivity index (χ0) is 38.7. The second-order valence-electron chi connectivity index (χ2n) is 14.3. The second kappa shape index (κ2) is 15.4. The largest absolute Gasteiger partial charge is 0.248 e. The Balaban J connectivity index is 0.983. The van der Waals surface area contributed by atoms with E-state index in [1.54, 1.807) is 0 Å². The summed E-state index contributed by atoms with van der Waals surface area (Å²) in [7, 11) is 0. The van der Waals surface area contributed by atoms with Crippen LogP contribution >= 0.6 is 0 Å². The zero-order valence-corrected chi connectivity index (χ0v) is 31.6. The van der Waals surface area contributed by atoms with Gasteiger partial charge in [0, 0.05) is 27.8 Å². The van der Waals surface area contributed by atoms with Crippen molar-refractivity contribution in [3.63, 3.8) is 0 Å². The number of benzene rings is 8. The van der Waals surface area contributed by atoms with Crippen LogP contribution in [0, 0.1) is 0 Å². The predicted octanol–water partition coefficient (Wildman–Crippen LogP) is 13.8. The maximum absolute atomic E-state index is 5.07. The fourth-order valence-electron chi connectivity index (χ4n) is 7.59. The molecular weight excluding hydrogens is 705 g/mol. The van der Waals surface area contributed by atoms with Crippen LogP contribution in [0.3, 0.4) is 0 Å². The summed E-state index contributed by atoms with van der Waals surface area (Å²) in [6.07, 6.45) is 0. The van der Waals surface area contributed by atoms with Crippen molar-refractivity contribution < 1.29 is 0 Å². The lowest BCUT2D eigenvalue weighted by Crippen LogP contribution is -2.00. The second-order valence-corrected chi connectivity index (χ2v) is 14.3. The highest BCUT2D eigenvalue weighted by Crippen LogP contribution is 2.38. The molecule has 0 aliphatic rings. The maximum Gasteiger partial charge on any atom is 0.164 e. The van der Waals surface area contributed by atoms with Crippen molar-refractivity contribution in [2.24, 2.45) is 0 Å². The molecule has 4 nitrogen and oxygen atoms in total. The Labute approximate surface area is 337 Å². The van der Waals surface area contributed by atoms with E-state index >= 15 is 0 Å². The van der Waals surface area contributed by atoms with Gasteiger partial charge < -0.3 is 0 Å². The number of pyridine rings is 1. The Kier molecular flexibility index (Phi) is 9.18. The van der Waals surface area contributed by atoms with E-state index in [9.17, 15) is 0 Å². The first kappa shape index (κ1) is 34.7. The molecule has 0 spiro atoms. The third kappa shape index (κ3) is 6.95. The van der Waals surface area contributed by atoms with Gasteiger partial charge in [0.1, 0.15) is 0 Å². The summed E-state index contributed by atoms with van der Waals surface area (Å²) in [6.45, 7) is 0. The molecule has 2 heterocycles. The minimum absolute atomic E-state index is 0.641. The van der Waals surface area contributed by atoms with Gasteiger partial charge in [-0.15, -0.1) is 0 Å². The van der Waals surface area contributed by atoms with E-state index < -0.39 is 0 Å². The van der Waals surface area contributed by atoms with Crippen LogP contribution in [0.4, 0.5) is 0 Å². The molecule has 0 bridgehead atoms. The molecule has 10 aromatic rings. The molecule has 0 aliphatic carbocycles. The van der Waals surface area contributed by atoms with E-state index in [1.807, 2.05) is 72.8 Å². The van der Waals surface area contributed by atoms with Gasteiger partial charge in [0.05, 0.1) is 11.4 Å². The quantitative estimate of drug-likeness (QED) is 0.156. The third-order valence-electron chi connectivity index (χ3n) is 10.6. The lowest BCUT2D eigenvalue weighted by molar-refractivity contribution is 1.07. The minimum Gasteiger partial charge on any atom is -0.248 e. The van der Waals surface area contributed by atoms with Gasteiger partial charge in [-0.2, -0.15) is 0 Å². The molecule has 272 valence electrons. The molecule has 4 heteroatoms. The highest BCUT2D eigenvalue weighted by Gasteiger charge is 2.15. The van der Waals surface area contributed by atoms with Crippen LogP contribution in [-0.4, -0.2) is 19.9 Å². The van der Waals surface area contributed by atoms with Crippen molar-refractivity contribution in [1.29, 1.82) is 0 Å². The highest BCUT2D eigenvalue weighted by molar-refractivity contribution is 6.05. The molecule has 0 saturated heterocycles. The van der Waals surface area contributed by atoms with Crippen LogP contribution in [-0.2, 0) is 0 Å². The van der Waals surface area contributed by atoms with Gasteiger partial charge in [0.15, 0.2) is 17.5 Å². The van der Waals surface area contributed by atoms with Crippen LogP contribution in [0.5, 0.6) is 0 Å². The van der Waals surface area contributed by atoms with Crippen LogP contribution in [0.2, 0.25) is 0 Å². The molecule has 0 N–H and O–H groups in total. The number of aromatic nitrogens is 4. The highest BCUT2D eigenvalue weighted by atomic mass is 15.0. The summed E-state index contributed by atoms with van der Waals surface area (Å²) < 4.78 is 0. The summed E-state index contributed by atoms with van der Waals surface area (Å²) in [5.41, 5.74) is 13.9. The fourth-order valence-corrected chi connectivity index (χ4v) is 7.59. The van der Waals surface area contributed by atoms with Crippen molar-refractivity contribution in [1.82, 2.24) is 19.9 Å². The Morgan fingerprint density at radius 2 is 0.517 bits per heavy atom. The normalized spacial score (nSPS) is 11.1. The van der Waals surface area contributed by atoms with Crippen molar-refractivity contribution >= 4 is 10.8 Å². The molecule has 0 amide bonds. The molecular formula is C54H36N4. The summed E-state index contributed by atoms with van der Waals surface area (Å²) in [5.74, 6) is 1.94. The molecule has 0 radical (unpaired) electrons. The van der Waals surface area contributed by atoms with E-state index in [1.165, 1.54) is 27.5 Å². The Morgan fingerprint density at radius 1 is 0.207 bits per heavy atom. The lowest BCUT2D eigenvalue weighted by atomic mass is 9.91. The van der Waals surface area contributed by atoms with Crippen molar-refractivity contribution in [3.8, 4) is 90.1 Å². The van der Waals surface area contributed by atoms with Gasteiger partial charge in [-0.3, -0.25) is 0 Å². The van der Waals surface area contributed by atoms with Gasteiger partial charge in [0.2, 0.25) is 0 Å². The van der Waals surface area contributed by atoms with E-state index in [0.29, 0.717) is 17.5 Å². The summed E-state index contributed by atoms with van der Waals surface area (Å²) in [6, 6.07) is 76.0. The van der Waals surface area contributed by atoms with Crippen LogP contribution < -0.4 is 0 Å². The smallest absolute Gasteiger partial charge is 0.164 e. The van der Waals surface area contributed by atoms with E-state index in [2.05, 4.69) is 146 Å². The number of fused-ring (bicyclic) bond motifs is 1. The van der Waals surface area contributed by atoms with E-state index in [-0.39, 0.29) is 0 Å². The Morgan fingerprint density at radius 3 is 0.914 bits per heavy atom. The number of hydrogen-bond acceptors (Lipinski definition) is 4. The monoisotopic (exact) mass is 740 g/mol. The molecule has 0 saturated carbocycles. The molecule has 58 heavy (non-hydrogen) atoms. The summed E-state index contributed by atoms with van der Waals surface area (Å²) in [4.78, 5) is 19.8. The molecule has 0 atom stereocenters. The first-order valence-electron chi connectivity index (χ1n) is 19.5. The van der Waals surface area contributed by atoms with Gasteiger partial charge in [-0.1, -0.05) is 206 Å². The fraction of sp³-hybridized carbons (Fsp3) is 0. The van der Waals surface area contributed by atoms with Crippen LogP contribution in [0.15, 0.2) is 218 Å². The standard InChI is InChI=1S/C54H36N4/c1-5-15-40(16-6-1)50-35-45(36-51(55-50)41-17-7-2-8-18-41)37-25-27-38(28-26-37)46-33-34-47(49-24-14-13-23-48(46)49)39-29-31-44(32-30-39)54-57-52(42-19-9-3-10-20-42)56-53(58-54)43-21-11-4-12-22-43/h1-36H. The SMILES string of the molecule is c1ccc(-c2cc(-c3ccc(-c4ccc(-c5ccc(-c6nc(-c7ccccc7)nc(-c7ccccc7)n6)cc5)c5ccccc45)cc3)cc(-c3ccccc3)n2)cc1. The van der Waals surface area contributed by atoms with Crippen molar-refractivity contribution in [3.05, 3.63) is 218 Å². The molecule has 2 aromatic heterocycles. The van der Waals surface area contributed by atoms with E-state index in [4.69, 9.17) is 19.9 Å². The Bertz CT molecular complexity index is 2680. The number of hydrogen-bond donors (Lipinski definition) is 0. The third-order valence-corrected chi connectivity index (χ3v) is 10.6. The molecule has 0 fully saturated rings. The van der Waals surface area contributed by atoms with Crippen LogP contribution in [0.25, 0.3) is 101 Å². The van der Waals surface area contributed by atoms with Gasteiger partial charge in [-0.25, -0.2) is 19.9 Å². The number of rotatable bonds is 8. The van der Waals surface area contributed by atoms with Crippen LogP contribution in [0.1, 0.15) is 0 Å². The molecule has 8 aromatic carbocycles. The van der Waals surface area contributed by atoms with Crippen molar-refractivity contribution in [2.75, 3.05) is 0 Å². The average Bonchev–Trinajstić information content (AvgIpc) is 3.32. The summed E-state index contributed by atoms with van der Waals surface area (Å²) >= 11 is 0. The lowest BCUT2D eigenvalue weighted by Gasteiger charge is -2.14. The van der Waals surface area contributed by atoms with Gasteiger partial charge in [-0.05, 0) is 56.3 Å². The topological polar surface area (TPSA) is 51.6 Å². The van der Waals surface area contributed by atoms with Crippen molar-refractivity contribution in [2.45, 2.75) is 0 Å². The first-order valence-corrected chi connectivity index (χ1v) is 19.5. The predicted molar refractivity (Wildman–Crippen MR) is 239 cm³/mol. The summed E-state index contributed by atoms with van der Waals surface area (Å²) in [5, 5.41) is 2.40.